The maximum absolute atomic E-state index is 4.79. The fourth-order valence-corrected chi connectivity index (χ4v) is 0.826. The van der Waals surface area contributed by atoms with Gasteiger partial charge in [-0.15, -0.1) is 0 Å². The second kappa shape index (κ2) is 2.69. The number of pyridine rings is 1. The standard InChI is InChI=1S/C8H10NO/c1-6-4-5-8(10-3)7(2)9-6/h4-5H,3H2,1-2H3. The zero-order chi connectivity index (χ0) is 7.56. The van der Waals surface area contributed by atoms with Crippen LogP contribution in [0.3, 0.4) is 0 Å². The minimum Gasteiger partial charge on any atom is -0.488 e. The Morgan fingerprint density at radius 3 is 2.60 bits per heavy atom. The molecule has 0 aliphatic rings. The summed E-state index contributed by atoms with van der Waals surface area (Å²) in [5.74, 6) is 0.741. The largest absolute Gasteiger partial charge is 0.488 e. The molecular weight excluding hydrogens is 126 g/mol. The Morgan fingerprint density at radius 1 is 1.40 bits per heavy atom. The van der Waals surface area contributed by atoms with Crippen molar-refractivity contribution in [2.24, 2.45) is 0 Å². The van der Waals surface area contributed by atoms with Crippen molar-refractivity contribution in [2.75, 3.05) is 0 Å². The molecule has 0 fully saturated rings. The van der Waals surface area contributed by atoms with Crippen molar-refractivity contribution in [1.29, 1.82) is 0 Å². The number of ether oxygens (including phenoxy) is 1. The van der Waals surface area contributed by atoms with E-state index < -0.39 is 0 Å². The molecule has 0 aliphatic carbocycles. The molecule has 0 amide bonds. The first-order valence-corrected chi connectivity index (χ1v) is 3.10. The van der Waals surface area contributed by atoms with E-state index in [2.05, 4.69) is 12.1 Å². The van der Waals surface area contributed by atoms with Crippen molar-refractivity contribution in [3.8, 4) is 5.75 Å². The lowest BCUT2D eigenvalue weighted by molar-refractivity contribution is 0.466. The van der Waals surface area contributed by atoms with Gasteiger partial charge < -0.3 is 4.74 Å². The summed E-state index contributed by atoms with van der Waals surface area (Å²) < 4.78 is 4.79. The Labute approximate surface area is 60.9 Å². The van der Waals surface area contributed by atoms with Gasteiger partial charge >= 0.3 is 0 Å². The van der Waals surface area contributed by atoms with E-state index in [1.807, 2.05) is 26.0 Å². The van der Waals surface area contributed by atoms with Crippen molar-refractivity contribution in [3.63, 3.8) is 0 Å². The molecule has 0 saturated heterocycles. The van der Waals surface area contributed by atoms with Crippen LogP contribution in [-0.2, 0) is 0 Å². The van der Waals surface area contributed by atoms with Gasteiger partial charge in [0, 0.05) is 5.69 Å². The number of aromatic nitrogens is 1. The summed E-state index contributed by atoms with van der Waals surface area (Å²) in [6.45, 7) is 3.84. The fourth-order valence-electron chi connectivity index (χ4n) is 0.826. The highest BCUT2D eigenvalue weighted by Gasteiger charge is 1.96. The van der Waals surface area contributed by atoms with Crippen LogP contribution in [0.4, 0.5) is 0 Å². The minimum atomic E-state index is 0.741. The van der Waals surface area contributed by atoms with E-state index in [1.54, 1.807) is 0 Å². The third kappa shape index (κ3) is 1.26. The van der Waals surface area contributed by atoms with Crippen molar-refractivity contribution in [3.05, 3.63) is 30.6 Å². The van der Waals surface area contributed by atoms with E-state index in [9.17, 15) is 0 Å². The van der Waals surface area contributed by atoms with Gasteiger partial charge in [-0.3, -0.25) is 4.98 Å². The molecule has 0 aromatic carbocycles. The summed E-state index contributed by atoms with van der Waals surface area (Å²) >= 11 is 0. The lowest BCUT2D eigenvalue weighted by Crippen LogP contribution is -1.89. The molecule has 0 saturated carbocycles. The molecule has 1 rings (SSSR count). The van der Waals surface area contributed by atoms with Crippen LogP contribution in [0.5, 0.6) is 5.75 Å². The van der Waals surface area contributed by atoms with E-state index in [-0.39, 0.29) is 0 Å². The molecule has 0 bridgehead atoms. The summed E-state index contributed by atoms with van der Waals surface area (Å²) in [5.41, 5.74) is 1.88. The van der Waals surface area contributed by atoms with Crippen LogP contribution in [-0.4, -0.2) is 4.98 Å². The van der Waals surface area contributed by atoms with Crippen LogP contribution < -0.4 is 4.74 Å². The Kier molecular flexibility index (Phi) is 1.90. The van der Waals surface area contributed by atoms with Gasteiger partial charge in [0.15, 0.2) is 0 Å². The van der Waals surface area contributed by atoms with Gasteiger partial charge in [0.25, 0.3) is 0 Å². The Bertz CT molecular complexity index is 233. The molecule has 2 nitrogen and oxygen atoms in total. The van der Waals surface area contributed by atoms with Crippen LogP contribution in [0.15, 0.2) is 12.1 Å². The highest BCUT2D eigenvalue weighted by molar-refractivity contribution is 5.27. The van der Waals surface area contributed by atoms with Crippen LogP contribution in [0.1, 0.15) is 11.4 Å². The summed E-state index contributed by atoms with van der Waals surface area (Å²) in [4.78, 5) is 4.18. The molecule has 1 aromatic heterocycles. The number of hydrogen-bond donors (Lipinski definition) is 0. The maximum Gasteiger partial charge on any atom is 0.140 e. The summed E-state index contributed by atoms with van der Waals surface area (Å²) in [7, 11) is 3.31. The highest BCUT2D eigenvalue weighted by Crippen LogP contribution is 2.14. The van der Waals surface area contributed by atoms with Crippen LogP contribution in [0.2, 0.25) is 0 Å². The number of hydrogen-bond acceptors (Lipinski definition) is 2. The second-order valence-electron chi connectivity index (χ2n) is 2.18. The molecule has 2 heteroatoms. The third-order valence-electron chi connectivity index (χ3n) is 1.33. The van der Waals surface area contributed by atoms with Gasteiger partial charge in [-0.25, -0.2) is 0 Å². The van der Waals surface area contributed by atoms with Gasteiger partial charge in [-0.05, 0) is 26.0 Å². The Balaban J connectivity index is 3.07. The molecule has 53 valence electrons. The smallest absolute Gasteiger partial charge is 0.140 e. The molecular formula is C8H10NO. The second-order valence-corrected chi connectivity index (χ2v) is 2.18. The molecule has 0 N–H and O–H groups in total. The first-order chi connectivity index (χ1) is 4.74. The van der Waals surface area contributed by atoms with Crippen molar-refractivity contribution in [1.82, 2.24) is 4.98 Å². The fraction of sp³-hybridized carbons (Fsp3) is 0.250. The quantitative estimate of drug-likeness (QED) is 0.588. The van der Waals surface area contributed by atoms with E-state index in [0.717, 1.165) is 17.1 Å². The predicted octanol–water partition coefficient (Wildman–Crippen LogP) is 1.87. The average molecular weight is 136 g/mol. The first kappa shape index (κ1) is 7.06. The topological polar surface area (TPSA) is 22.1 Å². The lowest BCUT2D eigenvalue weighted by atomic mass is 10.3. The molecule has 0 atom stereocenters. The van der Waals surface area contributed by atoms with Gasteiger partial charge in [-0.2, -0.15) is 0 Å². The van der Waals surface area contributed by atoms with Gasteiger partial charge in [0.05, 0.1) is 5.69 Å². The van der Waals surface area contributed by atoms with E-state index in [0.29, 0.717) is 0 Å². The molecule has 0 spiro atoms. The summed E-state index contributed by atoms with van der Waals surface area (Å²) in [6.07, 6.45) is 0. The molecule has 10 heavy (non-hydrogen) atoms. The van der Waals surface area contributed by atoms with Crippen molar-refractivity contribution < 1.29 is 4.74 Å². The maximum atomic E-state index is 4.79. The van der Waals surface area contributed by atoms with Crippen molar-refractivity contribution >= 4 is 0 Å². The van der Waals surface area contributed by atoms with E-state index in [1.165, 1.54) is 0 Å². The van der Waals surface area contributed by atoms with Gasteiger partial charge in [-0.1, -0.05) is 0 Å². The van der Waals surface area contributed by atoms with Crippen LogP contribution >= 0.6 is 0 Å². The van der Waals surface area contributed by atoms with Crippen molar-refractivity contribution in [2.45, 2.75) is 13.8 Å². The van der Waals surface area contributed by atoms with Gasteiger partial charge in [0.2, 0.25) is 0 Å². The third-order valence-corrected chi connectivity index (χ3v) is 1.33. The van der Waals surface area contributed by atoms with Gasteiger partial charge in [0.1, 0.15) is 12.9 Å². The monoisotopic (exact) mass is 136 g/mol. The molecule has 0 unspecified atom stereocenters. The predicted molar refractivity (Wildman–Crippen MR) is 39.7 cm³/mol. The van der Waals surface area contributed by atoms with E-state index >= 15 is 0 Å². The lowest BCUT2D eigenvalue weighted by Gasteiger charge is -2.02. The summed E-state index contributed by atoms with van der Waals surface area (Å²) in [5, 5.41) is 0. The molecule has 1 aromatic rings. The molecule has 0 aliphatic heterocycles. The van der Waals surface area contributed by atoms with Crippen LogP contribution in [0.25, 0.3) is 0 Å². The molecule has 1 heterocycles. The normalized spacial score (nSPS) is 9.50. The average Bonchev–Trinajstić information content (AvgIpc) is 1.88. The number of nitrogens with zero attached hydrogens (tertiary/aromatic N) is 1. The Hall–Kier alpha value is -1.05. The molecule has 1 radical (unpaired) electrons. The number of aryl methyl sites for hydroxylation is 2. The van der Waals surface area contributed by atoms with Crippen LogP contribution in [0, 0.1) is 21.0 Å². The highest BCUT2D eigenvalue weighted by atomic mass is 16.5. The first-order valence-electron chi connectivity index (χ1n) is 3.10. The zero-order valence-corrected chi connectivity index (χ0v) is 6.22. The zero-order valence-electron chi connectivity index (χ0n) is 6.22. The van der Waals surface area contributed by atoms with E-state index in [4.69, 9.17) is 4.74 Å². The Morgan fingerprint density at radius 2 is 2.10 bits per heavy atom. The number of rotatable bonds is 1. The minimum absolute atomic E-state index is 0.741. The summed E-state index contributed by atoms with van der Waals surface area (Å²) in [6, 6.07) is 3.76. The SMILES string of the molecule is [CH2]Oc1ccc(C)nc1C.